The summed E-state index contributed by atoms with van der Waals surface area (Å²) in [6.07, 6.45) is 86.1. The molecule has 1 amide bonds. The number of ether oxygens (including phenoxy) is 2. The summed E-state index contributed by atoms with van der Waals surface area (Å²) in [4.78, 5) is 13.2. The van der Waals surface area contributed by atoms with Gasteiger partial charge in [0.05, 0.1) is 25.4 Å². The van der Waals surface area contributed by atoms with Gasteiger partial charge in [0.2, 0.25) is 5.91 Å². The lowest BCUT2D eigenvalue weighted by Gasteiger charge is -2.40. The van der Waals surface area contributed by atoms with Crippen LogP contribution in [0.3, 0.4) is 0 Å². The maximum atomic E-state index is 13.2. The van der Waals surface area contributed by atoms with Crippen LogP contribution in [-0.2, 0) is 14.3 Å². The number of amides is 1. The molecule has 7 unspecified atom stereocenters. The summed E-state index contributed by atoms with van der Waals surface area (Å²) in [7, 11) is 0. The van der Waals surface area contributed by atoms with Crippen molar-refractivity contribution < 1.29 is 39.8 Å². The molecule has 1 aliphatic rings. The molecular weight excluding hydrogens is 1050 g/mol. The molecule has 0 spiro atoms. The number of aliphatic hydroxyl groups excluding tert-OH is 5. The van der Waals surface area contributed by atoms with Crippen molar-refractivity contribution in [2.75, 3.05) is 13.2 Å². The second-order valence-corrected chi connectivity index (χ2v) is 24.7. The van der Waals surface area contributed by atoms with E-state index in [-0.39, 0.29) is 12.5 Å². The van der Waals surface area contributed by atoms with Crippen molar-refractivity contribution >= 4 is 5.91 Å². The van der Waals surface area contributed by atoms with Gasteiger partial charge in [-0.05, 0) is 77.0 Å². The summed E-state index contributed by atoms with van der Waals surface area (Å²) in [5.41, 5.74) is 0. The van der Waals surface area contributed by atoms with Crippen molar-refractivity contribution in [3.05, 3.63) is 97.2 Å². The number of aliphatic hydroxyl groups is 5. The van der Waals surface area contributed by atoms with Crippen LogP contribution in [0.25, 0.3) is 0 Å². The van der Waals surface area contributed by atoms with Crippen LogP contribution in [0.4, 0.5) is 0 Å². The van der Waals surface area contributed by atoms with Gasteiger partial charge in [-0.1, -0.05) is 336 Å². The van der Waals surface area contributed by atoms with Crippen LogP contribution in [-0.4, -0.2) is 87.5 Å². The van der Waals surface area contributed by atoms with Crippen LogP contribution in [0.1, 0.15) is 322 Å². The van der Waals surface area contributed by atoms with E-state index in [9.17, 15) is 30.3 Å². The Morgan fingerprint density at radius 3 is 1.08 bits per heavy atom. The van der Waals surface area contributed by atoms with E-state index in [1.54, 1.807) is 0 Å². The fourth-order valence-electron chi connectivity index (χ4n) is 11.1. The molecule has 0 aromatic rings. The monoisotopic (exact) mass is 1190 g/mol. The number of allylic oxidation sites excluding steroid dienone is 16. The first-order valence-electron chi connectivity index (χ1n) is 35.9. The van der Waals surface area contributed by atoms with Crippen LogP contribution < -0.4 is 5.32 Å². The van der Waals surface area contributed by atoms with Crippen molar-refractivity contribution in [2.45, 2.75) is 365 Å². The molecule has 85 heavy (non-hydrogen) atoms. The van der Waals surface area contributed by atoms with Crippen molar-refractivity contribution in [3.63, 3.8) is 0 Å². The minimum absolute atomic E-state index is 0.141. The summed E-state index contributed by atoms with van der Waals surface area (Å²) in [6.45, 7) is 3.76. The highest BCUT2D eigenvalue weighted by Gasteiger charge is 2.44. The SMILES string of the molecule is CC/C=C\C/C=C\C/C=C\C/C=C\C/C=C\C/C=C\C/C=C\C/C=C\CCCCCCCCCCCCCCC(=O)NC(COC1OC(CO)C(O)C(O)C1O)C(O)CCCCCCCCCCCCCCCCCCCCCCCCCCC. The predicted molar refractivity (Wildman–Crippen MR) is 364 cm³/mol. The molecule has 1 heterocycles. The summed E-state index contributed by atoms with van der Waals surface area (Å²) >= 11 is 0. The summed E-state index contributed by atoms with van der Waals surface area (Å²) in [5.74, 6) is -0.146. The number of rotatable bonds is 62. The lowest BCUT2D eigenvalue weighted by atomic mass is 9.99. The van der Waals surface area contributed by atoms with Crippen molar-refractivity contribution in [3.8, 4) is 0 Å². The highest BCUT2D eigenvalue weighted by molar-refractivity contribution is 5.76. The Kier molecular flexibility index (Phi) is 60.4. The van der Waals surface area contributed by atoms with Crippen molar-refractivity contribution in [1.82, 2.24) is 5.32 Å². The van der Waals surface area contributed by atoms with E-state index in [0.29, 0.717) is 12.8 Å². The molecule has 9 heteroatoms. The first kappa shape index (κ1) is 80.1. The molecular formula is C76H135NO8. The Balaban J connectivity index is 2.12. The van der Waals surface area contributed by atoms with Crippen LogP contribution in [0, 0.1) is 0 Å². The Bertz CT molecular complexity index is 1670. The number of carbonyl (C=O) groups is 1. The number of carbonyl (C=O) groups excluding carboxylic acids is 1. The Morgan fingerprint density at radius 2 is 0.729 bits per heavy atom. The number of nitrogens with one attached hydrogen (secondary N) is 1. The van der Waals surface area contributed by atoms with Gasteiger partial charge in [-0.3, -0.25) is 4.79 Å². The van der Waals surface area contributed by atoms with E-state index < -0.39 is 49.5 Å². The second kappa shape index (κ2) is 64.1. The van der Waals surface area contributed by atoms with Gasteiger partial charge in [-0.15, -0.1) is 0 Å². The van der Waals surface area contributed by atoms with E-state index in [1.165, 1.54) is 205 Å². The molecule has 1 saturated heterocycles. The normalized spacial score (nSPS) is 18.7. The van der Waals surface area contributed by atoms with E-state index in [0.717, 1.165) is 89.9 Å². The number of hydrogen-bond acceptors (Lipinski definition) is 8. The zero-order chi connectivity index (χ0) is 61.4. The van der Waals surface area contributed by atoms with Gasteiger partial charge in [0.1, 0.15) is 24.4 Å². The molecule has 0 aliphatic carbocycles. The van der Waals surface area contributed by atoms with Gasteiger partial charge >= 0.3 is 0 Å². The number of hydrogen-bond donors (Lipinski definition) is 6. The first-order valence-corrected chi connectivity index (χ1v) is 35.9. The fraction of sp³-hybridized carbons (Fsp3) is 0.776. The van der Waals surface area contributed by atoms with Gasteiger partial charge in [-0.25, -0.2) is 0 Å². The van der Waals surface area contributed by atoms with Crippen LogP contribution in [0.5, 0.6) is 0 Å². The van der Waals surface area contributed by atoms with E-state index in [4.69, 9.17) is 9.47 Å². The largest absolute Gasteiger partial charge is 0.394 e. The van der Waals surface area contributed by atoms with Crippen LogP contribution >= 0.6 is 0 Å². The average molecular weight is 1190 g/mol. The minimum atomic E-state index is -1.56. The van der Waals surface area contributed by atoms with E-state index >= 15 is 0 Å². The maximum Gasteiger partial charge on any atom is 0.220 e. The third-order valence-electron chi connectivity index (χ3n) is 16.7. The van der Waals surface area contributed by atoms with Gasteiger partial charge in [-0.2, -0.15) is 0 Å². The summed E-state index contributed by atoms with van der Waals surface area (Å²) in [5, 5.41) is 55.0. The third kappa shape index (κ3) is 52.7. The highest BCUT2D eigenvalue weighted by atomic mass is 16.7. The van der Waals surface area contributed by atoms with E-state index in [2.05, 4.69) is 116 Å². The Hall–Kier alpha value is -2.89. The number of unbranched alkanes of at least 4 members (excludes halogenated alkanes) is 36. The van der Waals surface area contributed by atoms with E-state index in [1.807, 2.05) is 0 Å². The minimum Gasteiger partial charge on any atom is -0.394 e. The van der Waals surface area contributed by atoms with Gasteiger partial charge < -0.3 is 40.3 Å². The molecule has 0 aromatic heterocycles. The third-order valence-corrected chi connectivity index (χ3v) is 16.7. The summed E-state index contributed by atoms with van der Waals surface area (Å²) < 4.78 is 11.4. The predicted octanol–water partition coefficient (Wildman–Crippen LogP) is 19.9. The lowest BCUT2D eigenvalue weighted by Crippen LogP contribution is -2.60. The van der Waals surface area contributed by atoms with Crippen LogP contribution in [0.2, 0.25) is 0 Å². The maximum absolute atomic E-state index is 13.2. The van der Waals surface area contributed by atoms with Crippen LogP contribution in [0.15, 0.2) is 97.2 Å². The molecule has 0 radical (unpaired) electrons. The molecule has 6 N–H and O–H groups in total. The van der Waals surface area contributed by atoms with Crippen molar-refractivity contribution in [2.24, 2.45) is 0 Å². The zero-order valence-corrected chi connectivity index (χ0v) is 55.1. The molecule has 0 saturated carbocycles. The smallest absolute Gasteiger partial charge is 0.220 e. The molecule has 7 atom stereocenters. The second-order valence-electron chi connectivity index (χ2n) is 24.7. The zero-order valence-electron chi connectivity index (χ0n) is 55.1. The topological polar surface area (TPSA) is 149 Å². The Labute approximate surface area is 523 Å². The molecule has 1 fully saturated rings. The van der Waals surface area contributed by atoms with Gasteiger partial charge in [0, 0.05) is 6.42 Å². The molecule has 492 valence electrons. The first-order chi connectivity index (χ1) is 41.8. The fourth-order valence-corrected chi connectivity index (χ4v) is 11.1. The molecule has 0 aromatic carbocycles. The lowest BCUT2D eigenvalue weighted by molar-refractivity contribution is -0.302. The van der Waals surface area contributed by atoms with Gasteiger partial charge in [0.15, 0.2) is 6.29 Å². The van der Waals surface area contributed by atoms with Crippen molar-refractivity contribution in [1.29, 1.82) is 0 Å². The molecule has 9 nitrogen and oxygen atoms in total. The standard InChI is InChI=1S/C76H135NO8/c1-3-5-7-9-11-13-15-17-19-21-23-25-27-29-30-31-32-33-34-35-36-37-38-39-40-42-44-46-48-50-52-54-56-58-60-62-64-66-72(80)77-69(68-84-76-75(83)74(82)73(81)71(67-78)85-76)70(79)65-63-61-59-57-55-53-51-49-47-45-43-41-28-26-24-22-20-18-16-14-12-10-8-6-4-2/h5,7,11,13,17,19,23,25,29-30,32-33,35-36,38-39,69-71,73-76,78-79,81-83H,3-4,6,8-10,12,14-16,18,20-22,24,26-28,31,34,37,40-68H2,1-2H3,(H,77,80)/b7-5-,13-11-,19-17-,25-23-,30-29-,33-32-,36-35-,39-38-. The highest BCUT2D eigenvalue weighted by Crippen LogP contribution is 2.24. The average Bonchev–Trinajstić information content (AvgIpc) is 3.57. The molecule has 1 aliphatic heterocycles. The summed E-state index contributed by atoms with van der Waals surface area (Å²) in [6, 6.07) is -0.727. The quantitative estimate of drug-likeness (QED) is 0.0261. The molecule has 0 bridgehead atoms. The Morgan fingerprint density at radius 1 is 0.412 bits per heavy atom. The van der Waals surface area contributed by atoms with Gasteiger partial charge in [0.25, 0.3) is 0 Å². The molecule has 1 rings (SSSR count).